The molecule has 0 aliphatic heterocycles. The van der Waals surface area contributed by atoms with Crippen LogP contribution in [0.3, 0.4) is 0 Å². The van der Waals surface area contributed by atoms with E-state index in [1.165, 1.54) is 19.3 Å². The Morgan fingerprint density at radius 2 is 2.24 bits per heavy atom. The highest BCUT2D eigenvalue weighted by atomic mass is 16.5. The molecule has 0 saturated carbocycles. The van der Waals surface area contributed by atoms with E-state index in [-0.39, 0.29) is 0 Å². The summed E-state index contributed by atoms with van der Waals surface area (Å²) in [5.41, 5.74) is 1.05. The van der Waals surface area contributed by atoms with Gasteiger partial charge in [-0.1, -0.05) is 19.8 Å². The zero-order valence-corrected chi connectivity index (χ0v) is 11.5. The van der Waals surface area contributed by atoms with Gasteiger partial charge in [0, 0.05) is 19.9 Å². The third kappa shape index (κ3) is 4.38. The molecule has 1 unspecified atom stereocenters. The van der Waals surface area contributed by atoms with Gasteiger partial charge in [0.05, 0.1) is 18.3 Å². The second kappa shape index (κ2) is 7.33. The fourth-order valence-electron chi connectivity index (χ4n) is 1.88. The molecular weight excluding hydrogens is 214 g/mol. The van der Waals surface area contributed by atoms with E-state index in [2.05, 4.69) is 34.9 Å². The van der Waals surface area contributed by atoms with E-state index >= 15 is 0 Å². The number of methoxy groups -OCH3 is 1. The fourth-order valence-corrected chi connectivity index (χ4v) is 1.88. The lowest BCUT2D eigenvalue weighted by molar-refractivity contribution is 0.163. The van der Waals surface area contributed by atoms with Crippen molar-refractivity contribution in [1.29, 1.82) is 0 Å². The van der Waals surface area contributed by atoms with E-state index in [1.54, 1.807) is 7.11 Å². The zero-order valence-electron chi connectivity index (χ0n) is 11.5. The molecule has 0 spiro atoms. The number of nitrogens with one attached hydrogen (secondary N) is 1. The molecule has 0 radical (unpaired) electrons. The smallest absolute Gasteiger partial charge is 0.203 e. The van der Waals surface area contributed by atoms with Crippen LogP contribution in [0.15, 0.2) is 6.20 Å². The number of aryl methyl sites for hydroxylation is 1. The van der Waals surface area contributed by atoms with Gasteiger partial charge in [0.25, 0.3) is 0 Å². The molecule has 0 bridgehead atoms. The number of hydrogen-bond donors (Lipinski definition) is 1. The molecule has 1 atom stereocenters. The van der Waals surface area contributed by atoms with E-state index in [1.807, 2.05) is 6.92 Å². The second-order valence-electron chi connectivity index (χ2n) is 4.55. The van der Waals surface area contributed by atoms with Crippen LogP contribution in [0.4, 0.5) is 5.95 Å². The van der Waals surface area contributed by atoms with E-state index in [0.717, 1.165) is 18.2 Å². The van der Waals surface area contributed by atoms with Crippen LogP contribution in [0.25, 0.3) is 0 Å². The summed E-state index contributed by atoms with van der Waals surface area (Å²) in [4.78, 5) is 4.51. The first-order valence-electron chi connectivity index (χ1n) is 6.47. The van der Waals surface area contributed by atoms with Gasteiger partial charge in [-0.05, 0) is 20.3 Å². The predicted molar refractivity (Wildman–Crippen MR) is 71.6 cm³/mol. The van der Waals surface area contributed by atoms with Gasteiger partial charge in [-0.25, -0.2) is 4.98 Å². The quantitative estimate of drug-likeness (QED) is 0.709. The normalized spacial score (nSPS) is 12.7. The molecule has 0 aliphatic carbocycles. The van der Waals surface area contributed by atoms with Gasteiger partial charge in [-0.3, -0.25) is 0 Å². The topological polar surface area (TPSA) is 39.1 Å². The maximum Gasteiger partial charge on any atom is 0.203 e. The maximum atomic E-state index is 5.19. The van der Waals surface area contributed by atoms with Crippen molar-refractivity contribution >= 4 is 5.95 Å². The first kappa shape index (κ1) is 14.0. The molecule has 17 heavy (non-hydrogen) atoms. The minimum Gasteiger partial charge on any atom is -0.383 e. The third-order valence-electron chi connectivity index (χ3n) is 2.80. The molecule has 0 aliphatic rings. The largest absolute Gasteiger partial charge is 0.383 e. The molecule has 98 valence electrons. The van der Waals surface area contributed by atoms with E-state index in [9.17, 15) is 0 Å². The number of ether oxygens (including phenoxy) is 1. The van der Waals surface area contributed by atoms with Crippen LogP contribution < -0.4 is 5.32 Å². The molecule has 1 heterocycles. The molecule has 1 N–H and O–H groups in total. The van der Waals surface area contributed by atoms with E-state index in [0.29, 0.717) is 12.6 Å². The molecule has 0 amide bonds. The lowest BCUT2D eigenvalue weighted by Gasteiger charge is -2.16. The Morgan fingerprint density at radius 1 is 1.47 bits per heavy atom. The Kier molecular flexibility index (Phi) is 6.05. The average Bonchev–Trinajstić information content (AvgIpc) is 2.66. The summed E-state index contributed by atoms with van der Waals surface area (Å²) >= 11 is 0. The van der Waals surface area contributed by atoms with Gasteiger partial charge < -0.3 is 14.6 Å². The van der Waals surface area contributed by atoms with Crippen molar-refractivity contribution in [2.24, 2.45) is 0 Å². The van der Waals surface area contributed by atoms with Crippen molar-refractivity contribution in [3.8, 4) is 0 Å². The Balaban J connectivity index is 2.57. The minimum atomic E-state index is 0.315. The minimum absolute atomic E-state index is 0.315. The number of imidazole rings is 1. The van der Waals surface area contributed by atoms with Crippen molar-refractivity contribution in [2.45, 2.75) is 46.1 Å². The Morgan fingerprint density at radius 3 is 2.88 bits per heavy atom. The molecule has 4 nitrogen and oxygen atoms in total. The first-order valence-corrected chi connectivity index (χ1v) is 6.47. The van der Waals surface area contributed by atoms with Crippen LogP contribution >= 0.6 is 0 Å². The molecular formula is C13H25N3O. The van der Waals surface area contributed by atoms with Crippen LogP contribution in [0.1, 0.15) is 44.8 Å². The summed E-state index contributed by atoms with van der Waals surface area (Å²) < 4.78 is 7.35. The van der Waals surface area contributed by atoms with Crippen molar-refractivity contribution in [1.82, 2.24) is 9.55 Å². The lowest BCUT2D eigenvalue weighted by Crippen LogP contribution is -2.15. The van der Waals surface area contributed by atoms with Gasteiger partial charge in [-0.2, -0.15) is 0 Å². The molecule has 1 rings (SSSR count). The van der Waals surface area contributed by atoms with E-state index in [4.69, 9.17) is 4.74 Å². The molecule has 0 aromatic carbocycles. The highest BCUT2D eigenvalue weighted by Crippen LogP contribution is 2.16. The van der Waals surface area contributed by atoms with Crippen molar-refractivity contribution in [3.05, 3.63) is 11.9 Å². The molecule has 0 saturated heterocycles. The lowest BCUT2D eigenvalue weighted by atomic mass is 10.2. The number of hydrogen-bond acceptors (Lipinski definition) is 3. The standard InChI is InChI=1S/C13H25N3O/c1-5-6-7-8-14-13-15-11(2)9-16(13)12(3)10-17-4/h9,12H,5-8,10H2,1-4H3,(H,14,15). The van der Waals surface area contributed by atoms with Crippen molar-refractivity contribution in [2.75, 3.05) is 25.6 Å². The summed E-state index contributed by atoms with van der Waals surface area (Å²) in [7, 11) is 1.73. The summed E-state index contributed by atoms with van der Waals surface area (Å²) in [6, 6.07) is 0.315. The predicted octanol–water partition coefficient (Wildman–Crippen LogP) is 3.00. The number of aromatic nitrogens is 2. The summed E-state index contributed by atoms with van der Waals surface area (Å²) in [6.45, 7) is 8.07. The van der Waals surface area contributed by atoms with Crippen LogP contribution in [0.2, 0.25) is 0 Å². The SMILES string of the molecule is CCCCCNc1nc(C)cn1C(C)COC. The van der Waals surface area contributed by atoms with Gasteiger partial charge >= 0.3 is 0 Å². The van der Waals surface area contributed by atoms with Crippen LogP contribution in [0, 0.1) is 6.92 Å². The van der Waals surface area contributed by atoms with E-state index < -0.39 is 0 Å². The van der Waals surface area contributed by atoms with Crippen LogP contribution in [-0.2, 0) is 4.74 Å². The van der Waals surface area contributed by atoms with Gasteiger partial charge in [0.2, 0.25) is 5.95 Å². The third-order valence-corrected chi connectivity index (χ3v) is 2.80. The fraction of sp³-hybridized carbons (Fsp3) is 0.769. The second-order valence-corrected chi connectivity index (χ2v) is 4.55. The van der Waals surface area contributed by atoms with Crippen molar-refractivity contribution < 1.29 is 4.74 Å². The van der Waals surface area contributed by atoms with Crippen LogP contribution in [0.5, 0.6) is 0 Å². The Hall–Kier alpha value is -1.03. The molecule has 0 fully saturated rings. The monoisotopic (exact) mass is 239 g/mol. The molecule has 1 aromatic rings. The van der Waals surface area contributed by atoms with Gasteiger partial charge in [-0.15, -0.1) is 0 Å². The zero-order chi connectivity index (χ0) is 12.7. The number of anilines is 1. The number of rotatable bonds is 8. The summed E-state index contributed by atoms with van der Waals surface area (Å²) in [6.07, 6.45) is 5.78. The van der Waals surface area contributed by atoms with Crippen molar-refractivity contribution in [3.63, 3.8) is 0 Å². The average molecular weight is 239 g/mol. The first-order chi connectivity index (χ1) is 8.19. The van der Waals surface area contributed by atoms with Crippen LogP contribution in [-0.4, -0.2) is 29.8 Å². The summed E-state index contributed by atoms with van der Waals surface area (Å²) in [5, 5.41) is 3.40. The number of nitrogens with zero attached hydrogens (tertiary/aromatic N) is 2. The Bertz CT molecular complexity index is 322. The maximum absolute atomic E-state index is 5.19. The molecule has 1 aromatic heterocycles. The number of unbranched alkanes of at least 4 members (excludes halogenated alkanes) is 2. The van der Waals surface area contributed by atoms with Gasteiger partial charge in [0.1, 0.15) is 0 Å². The summed E-state index contributed by atoms with van der Waals surface area (Å²) in [5.74, 6) is 0.961. The highest BCUT2D eigenvalue weighted by molar-refractivity contribution is 5.29. The highest BCUT2D eigenvalue weighted by Gasteiger charge is 2.10. The molecule has 4 heteroatoms. The Labute approximate surface area is 104 Å². The van der Waals surface area contributed by atoms with Gasteiger partial charge in [0.15, 0.2) is 0 Å².